The SMILES string of the molecule is CC#Cc1ncc(C#N)o1. The van der Waals surface area contributed by atoms with Crippen LogP contribution in [0.5, 0.6) is 0 Å². The van der Waals surface area contributed by atoms with Gasteiger partial charge in [0.05, 0.1) is 6.20 Å². The summed E-state index contributed by atoms with van der Waals surface area (Å²) in [6.07, 6.45) is 1.35. The number of rotatable bonds is 0. The highest BCUT2D eigenvalue weighted by atomic mass is 16.3. The summed E-state index contributed by atoms with van der Waals surface area (Å²) in [5.41, 5.74) is 0. The molecule has 3 heteroatoms. The zero-order chi connectivity index (χ0) is 7.40. The van der Waals surface area contributed by atoms with Gasteiger partial charge in [-0.2, -0.15) is 5.26 Å². The molecule has 0 fully saturated rings. The van der Waals surface area contributed by atoms with E-state index in [1.165, 1.54) is 6.20 Å². The maximum Gasteiger partial charge on any atom is 0.274 e. The van der Waals surface area contributed by atoms with Gasteiger partial charge in [0, 0.05) is 0 Å². The molecule has 1 aromatic heterocycles. The minimum Gasteiger partial charge on any atom is -0.419 e. The number of hydrogen-bond donors (Lipinski definition) is 0. The number of nitriles is 1. The van der Waals surface area contributed by atoms with Crippen molar-refractivity contribution < 1.29 is 4.42 Å². The molecule has 1 aromatic rings. The first kappa shape index (κ1) is 6.38. The molecule has 0 radical (unpaired) electrons. The Kier molecular flexibility index (Phi) is 1.72. The monoisotopic (exact) mass is 132 g/mol. The van der Waals surface area contributed by atoms with E-state index in [0.717, 1.165) is 0 Å². The minimum atomic E-state index is 0.192. The molecule has 0 aliphatic rings. The van der Waals surface area contributed by atoms with E-state index in [0.29, 0.717) is 5.89 Å². The Morgan fingerprint density at radius 1 is 1.70 bits per heavy atom. The molecular weight excluding hydrogens is 128 g/mol. The Morgan fingerprint density at radius 3 is 3.00 bits per heavy atom. The largest absolute Gasteiger partial charge is 0.419 e. The summed E-state index contributed by atoms with van der Waals surface area (Å²) in [5, 5.41) is 8.29. The topological polar surface area (TPSA) is 49.8 Å². The lowest BCUT2D eigenvalue weighted by molar-refractivity contribution is 0.530. The molecule has 0 N–H and O–H groups in total. The molecule has 48 valence electrons. The molecule has 0 aromatic carbocycles. The third kappa shape index (κ3) is 1.15. The van der Waals surface area contributed by atoms with Gasteiger partial charge in [-0.1, -0.05) is 5.92 Å². The van der Waals surface area contributed by atoms with E-state index in [4.69, 9.17) is 9.68 Å². The van der Waals surface area contributed by atoms with Crippen LogP contribution in [-0.2, 0) is 0 Å². The molecule has 1 heterocycles. The maximum absolute atomic E-state index is 8.29. The smallest absolute Gasteiger partial charge is 0.274 e. The van der Waals surface area contributed by atoms with Crippen LogP contribution >= 0.6 is 0 Å². The van der Waals surface area contributed by atoms with Crippen molar-refractivity contribution in [3.63, 3.8) is 0 Å². The van der Waals surface area contributed by atoms with Gasteiger partial charge in [0.15, 0.2) is 0 Å². The van der Waals surface area contributed by atoms with Crippen molar-refractivity contribution in [1.82, 2.24) is 4.98 Å². The molecule has 10 heavy (non-hydrogen) atoms. The lowest BCUT2D eigenvalue weighted by atomic mass is 10.6. The van der Waals surface area contributed by atoms with Gasteiger partial charge in [-0.15, -0.1) is 0 Å². The van der Waals surface area contributed by atoms with Gasteiger partial charge in [-0.25, -0.2) is 4.98 Å². The summed E-state index contributed by atoms with van der Waals surface area (Å²) in [6, 6.07) is 1.81. The van der Waals surface area contributed by atoms with E-state index in [-0.39, 0.29) is 5.76 Å². The van der Waals surface area contributed by atoms with Crippen LogP contribution in [-0.4, -0.2) is 4.98 Å². The second-order valence-corrected chi connectivity index (χ2v) is 1.52. The number of aromatic nitrogens is 1. The molecule has 0 saturated heterocycles. The summed E-state index contributed by atoms with van der Waals surface area (Å²) in [5.74, 6) is 5.67. The third-order valence-corrected chi connectivity index (χ3v) is 0.848. The quantitative estimate of drug-likeness (QED) is 0.493. The van der Waals surface area contributed by atoms with E-state index in [1.54, 1.807) is 6.92 Å². The van der Waals surface area contributed by atoms with Crippen molar-refractivity contribution in [2.24, 2.45) is 0 Å². The Bertz CT molecular complexity index is 321. The average Bonchev–Trinajstić information content (AvgIpc) is 2.37. The molecule has 0 aliphatic heterocycles. The first-order chi connectivity index (χ1) is 4.86. The molecular formula is C7H4N2O. The summed E-state index contributed by atoms with van der Waals surface area (Å²) < 4.78 is 4.83. The standard InChI is InChI=1S/C7H4N2O/c1-2-3-7-9-5-6(4-8)10-7/h5H,1H3. The van der Waals surface area contributed by atoms with Crippen molar-refractivity contribution >= 4 is 0 Å². The molecule has 0 unspecified atom stereocenters. The third-order valence-electron chi connectivity index (χ3n) is 0.848. The fourth-order valence-electron chi connectivity index (χ4n) is 0.491. The lowest BCUT2D eigenvalue weighted by Crippen LogP contribution is -1.66. The van der Waals surface area contributed by atoms with Gasteiger partial charge in [-0.3, -0.25) is 0 Å². The van der Waals surface area contributed by atoms with Crippen molar-refractivity contribution in [2.45, 2.75) is 6.92 Å². The van der Waals surface area contributed by atoms with E-state index in [1.807, 2.05) is 6.07 Å². The summed E-state index contributed by atoms with van der Waals surface area (Å²) in [6.45, 7) is 1.68. The van der Waals surface area contributed by atoms with Crippen molar-refractivity contribution in [3.05, 3.63) is 17.8 Å². The Hall–Kier alpha value is -1.74. The van der Waals surface area contributed by atoms with Gasteiger partial charge in [0.2, 0.25) is 5.76 Å². The predicted octanol–water partition coefficient (Wildman–Crippen LogP) is 0.918. The number of hydrogen-bond acceptors (Lipinski definition) is 3. The second-order valence-electron chi connectivity index (χ2n) is 1.52. The summed E-state index contributed by atoms with van der Waals surface area (Å²) >= 11 is 0. The van der Waals surface area contributed by atoms with Crippen LogP contribution in [0.1, 0.15) is 18.6 Å². The summed E-state index contributed by atoms with van der Waals surface area (Å²) in [4.78, 5) is 3.71. The first-order valence-corrected chi connectivity index (χ1v) is 2.65. The normalized spacial score (nSPS) is 7.60. The predicted molar refractivity (Wildman–Crippen MR) is 33.8 cm³/mol. The van der Waals surface area contributed by atoms with Gasteiger partial charge in [0.25, 0.3) is 5.89 Å². The van der Waals surface area contributed by atoms with Crippen LogP contribution in [0.3, 0.4) is 0 Å². The van der Waals surface area contributed by atoms with Crippen LogP contribution in [0.15, 0.2) is 10.6 Å². The zero-order valence-corrected chi connectivity index (χ0v) is 5.38. The maximum atomic E-state index is 8.29. The molecule has 0 bridgehead atoms. The molecule has 0 spiro atoms. The molecule has 0 amide bonds. The first-order valence-electron chi connectivity index (χ1n) is 2.65. The van der Waals surface area contributed by atoms with E-state index >= 15 is 0 Å². The van der Waals surface area contributed by atoms with Gasteiger partial charge < -0.3 is 4.42 Å². The van der Waals surface area contributed by atoms with Crippen molar-refractivity contribution in [1.29, 1.82) is 5.26 Å². The number of nitrogens with zero attached hydrogens (tertiary/aromatic N) is 2. The fraction of sp³-hybridized carbons (Fsp3) is 0.143. The van der Waals surface area contributed by atoms with Gasteiger partial charge in [-0.05, 0) is 12.8 Å². The highest BCUT2D eigenvalue weighted by Gasteiger charge is 1.96. The Labute approximate surface area is 58.3 Å². The average molecular weight is 132 g/mol. The number of oxazole rings is 1. The van der Waals surface area contributed by atoms with E-state index < -0.39 is 0 Å². The Balaban J connectivity index is 2.98. The summed E-state index contributed by atoms with van der Waals surface area (Å²) in [7, 11) is 0. The molecule has 3 nitrogen and oxygen atoms in total. The molecule has 0 atom stereocenters. The Morgan fingerprint density at radius 2 is 2.50 bits per heavy atom. The molecule has 1 rings (SSSR count). The van der Waals surface area contributed by atoms with Gasteiger partial charge in [0.1, 0.15) is 6.07 Å². The van der Waals surface area contributed by atoms with E-state index in [9.17, 15) is 0 Å². The highest BCUT2D eigenvalue weighted by molar-refractivity contribution is 5.21. The highest BCUT2D eigenvalue weighted by Crippen LogP contribution is 1.98. The van der Waals surface area contributed by atoms with Crippen LogP contribution in [0, 0.1) is 23.2 Å². The molecule has 0 saturated carbocycles. The van der Waals surface area contributed by atoms with Crippen LogP contribution in [0.4, 0.5) is 0 Å². The second kappa shape index (κ2) is 2.70. The van der Waals surface area contributed by atoms with Crippen LogP contribution < -0.4 is 0 Å². The molecule has 0 aliphatic carbocycles. The van der Waals surface area contributed by atoms with Crippen LogP contribution in [0.2, 0.25) is 0 Å². The zero-order valence-electron chi connectivity index (χ0n) is 5.38. The fourth-order valence-corrected chi connectivity index (χ4v) is 0.491. The minimum absolute atomic E-state index is 0.192. The van der Waals surface area contributed by atoms with E-state index in [2.05, 4.69) is 16.8 Å². The van der Waals surface area contributed by atoms with Gasteiger partial charge >= 0.3 is 0 Å². The van der Waals surface area contributed by atoms with Crippen LogP contribution in [0.25, 0.3) is 0 Å². The lowest BCUT2D eigenvalue weighted by Gasteiger charge is -1.72. The van der Waals surface area contributed by atoms with Crippen molar-refractivity contribution in [2.75, 3.05) is 0 Å². The van der Waals surface area contributed by atoms with Crippen molar-refractivity contribution in [3.8, 4) is 17.9 Å².